The molecular formula is C23H31O3P. The molecule has 3 rings (SSSR count). The highest BCUT2D eigenvalue weighted by atomic mass is 31.1. The van der Waals surface area contributed by atoms with E-state index in [1.807, 2.05) is 12.1 Å². The molecule has 3 nitrogen and oxygen atoms in total. The van der Waals surface area contributed by atoms with E-state index in [1.54, 1.807) is 14.2 Å². The molecule has 0 saturated carbocycles. The molecule has 1 heterocycles. The summed E-state index contributed by atoms with van der Waals surface area (Å²) in [6.07, 6.45) is 0. The number of hydrogen-bond donors (Lipinski definition) is 0. The molecule has 146 valence electrons. The second-order valence-electron chi connectivity index (χ2n) is 8.62. The van der Waals surface area contributed by atoms with Crippen LogP contribution in [-0.2, 0) is 4.74 Å². The maximum absolute atomic E-state index is 6.54. The van der Waals surface area contributed by atoms with Crippen molar-refractivity contribution >= 4 is 13.2 Å². The number of rotatable bonds is 4. The molecule has 0 fully saturated rings. The van der Waals surface area contributed by atoms with Gasteiger partial charge in [-0.25, -0.2) is 0 Å². The smallest absolute Gasteiger partial charge is 0.150 e. The summed E-state index contributed by atoms with van der Waals surface area (Å²) in [6.45, 7) is 13.3. The van der Waals surface area contributed by atoms with E-state index in [4.69, 9.17) is 14.2 Å². The molecule has 0 amide bonds. The third kappa shape index (κ3) is 3.48. The molecule has 4 heteroatoms. The van der Waals surface area contributed by atoms with Crippen molar-refractivity contribution < 1.29 is 14.2 Å². The Kier molecular flexibility index (Phi) is 5.31. The van der Waals surface area contributed by atoms with Crippen LogP contribution in [0.2, 0.25) is 0 Å². The molecule has 0 aromatic heterocycles. The van der Waals surface area contributed by atoms with Gasteiger partial charge in [-0.05, 0) is 57.1 Å². The fourth-order valence-electron chi connectivity index (χ4n) is 3.75. The van der Waals surface area contributed by atoms with Gasteiger partial charge in [-0.15, -0.1) is 0 Å². The van der Waals surface area contributed by atoms with Crippen LogP contribution < -0.4 is 14.8 Å². The lowest BCUT2D eigenvalue weighted by Gasteiger charge is -2.39. The Morgan fingerprint density at radius 3 is 2.22 bits per heavy atom. The van der Waals surface area contributed by atoms with Crippen molar-refractivity contribution in [2.24, 2.45) is 0 Å². The minimum absolute atomic E-state index is 0.00339. The van der Waals surface area contributed by atoms with E-state index in [2.05, 4.69) is 65.8 Å². The van der Waals surface area contributed by atoms with Gasteiger partial charge in [-0.2, -0.15) is 0 Å². The quantitative estimate of drug-likeness (QED) is 0.629. The number of ether oxygens (including phenoxy) is 3. The lowest BCUT2D eigenvalue weighted by atomic mass is 9.99. The van der Waals surface area contributed by atoms with E-state index >= 15 is 0 Å². The maximum atomic E-state index is 6.54. The summed E-state index contributed by atoms with van der Waals surface area (Å²) in [5, 5.41) is 1.40. The van der Waals surface area contributed by atoms with Gasteiger partial charge in [0.25, 0.3) is 0 Å². The zero-order valence-electron chi connectivity index (χ0n) is 17.7. The van der Waals surface area contributed by atoms with E-state index < -0.39 is 7.92 Å². The molecule has 0 N–H and O–H groups in total. The monoisotopic (exact) mass is 386 g/mol. The summed E-state index contributed by atoms with van der Waals surface area (Å²) in [6, 6.07) is 12.6. The normalized spacial score (nSPS) is 19.6. The van der Waals surface area contributed by atoms with Crippen molar-refractivity contribution in [2.45, 2.75) is 58.1 Å². The van der Waals surface area contributed by atoms with Crippen LogP contribution in [0.15, 0.2) is 36.4 Å². The molecule has 0 unspecified atom stereocenters. The number of hydrogen-bond acceptors (Lipinski definition) is 3. The molecule has 0 spiro atoms. The second-order valence-corrected chi connectivity index (χ2v) is 11.6. The number of methoxy groups -OCH3 is 2. The van der Waals surface area contributed by atoms with Crippen LogP contribution in [0, 0.1) is 6.92 Å². The van der Waals surface area contributed by atoms with Crippen LogP contribution in [-0.4, -0.2) is 30.8 Å². The number of benzene rings is 2. The van der Waals surface area contributed by atoms with Crippen LogP contribution in [0.1, 0.15) is 40.2 Å². The highest BCUT2D eigenvalue weighted by Gasteiger charge is 2.50. The van der Waals surface area contributed by atoms with E-state index in [-0.39, 0.29) is 16.6 Å². The standard InChI is InChI=1S/C23H31O3P/c1-15-11-9-13-17(24-7)19(15)16-12-10-14-18-20(16)27(22(2,3)4)21(26-18)23(5,6)25-8/h9-14,21H,1-8H3/t21-,27+/m0/s1. The second kappa shape index (κ2) is 7.11. The first-order chi connectivity index (χ1) is 12.6. The van der Waals surface area contributed by atoms with Crippen molar-refractivity contribution in [3.63, 3.8) is 0 Å². The van der Waals surface area contributed by atoms with Crippen molar-refractivity contribution in [1.82, 2.24) is 0 Å². The van der Waals surface area contributed by atoms with E-state index in [9.17, 15) is 0 Å². The molecular weight excluding hydrogens is 355 g/mol. The van der Waals surface area contributed by atoms with Gasteiger partial charge in [0.05, 0.1) is 7.11 Å². The first-order valence-electron chi connectivity index (χ1n) is 9.40. The van der Waals surface area contributed by atoms with Crippen LogP contribution in [0.4, 0.5) is 0 Å². The van der Waals surface area contributed by atoms with Crippen LogP contribution >= 0.6 is 7.92 Å². The van der Waals surface area contributed by atoms with Gasteiger partial charge in [-0.3, -0.25) is 0 Å². The lowest BCUT2D eigenvalue weighted by molar-refractivity contribution is -0.0296. The SMILES string of the molecule is COc1cccc(C)c1-c1cccc2c1[P@@](C(C)(C)C)[C@@H](C(C)(C)OC)O2. The van der Waals surface area contributed by atoms with Gasteiger partial charge >= 0.3 is 0 Å². The molecule has 0 radical (unpaired) electrons. The molecule has 2 aromatic carbocycles. The largest absolute Gasteiger partial charge is 0.496 e. The molecule has 27 heavy (non-hydrogen) atoms. The Balaban J connectivity index is 2.28. The first kappa shape index (κ1) is 20.2. The lowest BCUT2D eigenvalue weighted by Crippen LogP contribution is -2.42. The molecule has 2 atom stereocenters. The molecule has 1 aliphatic heterocycles. The van der Waals surface area contributed by atoms with Crippen molar-refractivity contribution in [1.29, 1.82) is 0 Å². The van der Waals surface area contributed by atoms with Crippen LogP contribution in [0.25, 0.3) is 11.1 Å². The summed E-state index contributed by atoms with van der Waals surface area (Å²) in [5.74, 6) is 1.89. The minimum Gasteiger partial charge on any atom is -0.496 e. The Hall–Kier alpha value is -1.57. The van der Waals surface area contributed by atoms with Crippen molar-refractivity contribution in [2.75, 3.05) is 14.2 Å². The third-order valence-corrected chi connectivity index (χ3v) is 8.87. The van der Waals surface area contributed by atoms with E-state index in [0.717, 1.165) is 17.1 Å². The minimum atomic E-state index is -0.636. The summed E-state index contributed by atoms with van der Waals surface area (Å²) in [5.41, 5.74) is 3.22. The van der Waals surface area contributed by atoms with Crippen LogP contribution in [0.5, 0.6) is 11.5 Å². The van der Waals surface area contributed by atoms with Gasteiger partial charge in [0, 0.05) is 18.0 Å². The molecule has 0 aliphatic carbocycles. The number of aryl methyl sites for hydroxylation is 1. The first-order valence-corrected chi connectivity index (χ1v) is 10.8. The van der Waals surface area contributed by atoms with Gasteiger partial charge in [0.1, 0.15) is 22.9 Å². The topological polar surface area (TPSA) is 27.7 Å². The van der Waals surface area contributed by atoms with Crippen LogP contribution in [0.3, 0.4) is 0 Å². The Labute approximate surface area is 164 Å². The zero-order valence-corrected chi connectivity index (χ0v) is 18.6. The molecule has 0 bridgehead atoms. The fourth-order valence-corrected chi connectivity index (χ4v) is 7.12. The highest BCUT2D eigenvalue weighted by Crippen LogP contribution is 2.63. The Bertz CT molecular complexity index is 836. The summed E-state index contributed by atoms with van der Waals surface area (Å²) < 4.78 is 18.1. The highest BCUT2D eigenvalue weighted by molar-refractivity contribution is 7.68. The van der Waals surface area contributed by atoms with Crippen molar-refractivity contribution in [3.05, 3.63) is 42.0 Å². The average Bonchev–Trinajstić information content (AvgIpc) is 3.02. The van der Waals surface area contributed by atoms with Crippen molar-refractivity contribution in [3.8, 4) is 22.6 Å². The summed E-state index contributed by atoms with van der Waals surface area (Å²) >= 11 is 0. The predicted molar refractivity (Wildman–Crippen MR) is 115 cm³/mol. The predicted octanol–water partition coefficient (Wildman–Crippen LogP) is 5.72. The fraction of sp³-hybridized carbons (Fsp3) is 0.478. The molecule has 2 aromatic rings. The van der Waals surface area contributed by atoms with Gasteiger partial charge in [0.2, 0.25) is 0 Å². The summed E-state index contributed by atoms with van der Waals surface area (Å²) in [4.78, 5) is 0. The zero-order chi connectivity index (χ0) is 20.0. The molecule has 0 saturated heterocycles. The maximum Gasteiger partial charge on any atom is 0.150 e. The summed E-state index contributed by atoms with van der Waals surface area (Å²) in [7, 11) is 2.87. The number of fused-ring (bicyclic) bond motifs is 1. The third-order valence-electron chi connectivity index (χ3n) is 5.28. The average molecular weight is 386 g/mol. The Morgan fingerprint density at radius 1 is 0.963 bits per heavy atom. The van der Waals surface area contributed by atoms with Gasteiger partial charge in [0.15, 0.2) is 0 Å². The van der Waals surface area contributed by atoms with Gasteiger partial charge < -0.3 is 14.2 Å². The van der Waals surface area contributed by atoms with Gasteiger partial charge in [-0.1, -0.05) is 45.0 Å². The Morgan fingerprint density at radius 2 is 1.63 bits per heavy atom. The van der Waals surface area contributed by atoms with E-state index in [1.165, 1.54) is 16.4 Å². The molecule has 1 aliphatic rings. The van der Waals surface area contributed by atoms with E-state index in [0.29, 0.717) is 0 Å².